The third-order valence-corrected chi connectivity index (χ3v) is 4.04. The highest BCUT2D eigenvalue weighted by Crippen LogP contribution is 2.29. The first-order chi connectivity index (χ1) is 14.2. The van der Waals surface area contributed by atoms with Gasteiger partial charge in [-0.05, 0) is 54.1 Å². The van der Waals surface area contributed by atoms with Crippen molar-refractivity contribution in [3.8, 4) is 28.7 Å². The predicted molar refractivity (Wildman–Crippen MR) is 106 cm³/mol. The van der Waals surface area contributed by atoms with Gasteiger partial charge in [0.05, 0.1) is 11.8 Å². The molecule has 0 fully saturated rings. The topological polar surface area (TPSA) is 114 Å². The number of hydrogen-bond acceptors (Lipinski definition) is 7. The minimum atomic E-state index is -0.345. The number of aromatic hydroxyl groups is 1. The van der Waals surface area contributed by atoms with Gasteiger partial charge in [0.25, 0.3) is 11.8 Å². The van der Waals surface area contributed by atoms with E-state index in [1.54, 1.807) is 73.1 Å². The van der Waals surface area contributed by atoms with E-state index in [0.717, 1.165) is 5.56 Å². The molecule has 2 aromatic heterocycles. The van der Waals surface area contributed by atoms with E-state index in [1.165, 1.54) is 6.21 Å². The predicted octanol–water partition coefficient (Wildman–Crippen LogP) is 3.27. The van der Waals surface area contributed by atoms with Crippen molar-refractivity contribution >= 4 is 12.1 Å². The van der Waals surface area contributed by atoms with Crippen molar-refractivity contribution < 1.29 is 14.3 Å². The number of nitrogens with zero attached hydrogens (tertiary/aromatic N) is 4. The zero-order valence-corrected chi connectivity index (χ0v) is 15.1. The SMILES string of the molecule is O=C(N/N=C/c1ccncc1)c1ccc(-c2nnc(-c3ccccc3O)o2)cc1. The van der Waals surface area contributed by atoms with Gasteiger partial charge < -0.3 is 9.52 Å². The molecule has 0 aliphatic carbocycles. The van der Waals surface area contributed by atoms with Crippen LogP contribution in [-0.4, -0.2) is 32.4 Å². The molecule has 8 nitrogen and oxygen atoms in total. The Morgan fingerprint density at radius 3 is 2.45 bits per heavy atom. The van der Waals surface area contributed by atoms with E-state index in [1.807, 2.05) is 0 Å². The Labute approximate surface area is 165 Å². The number of aromatic nitrogens is 3. The summed E-state index contributed by atoms with van der Waals surface area (Å²) in [5.74, 6) is 0.209. The van der Waals surface area contributed by atoms with E-state index >= 15 is 0 Å². The van der Waals surface area contributed by atoms with E-state index < -0.39 is 0 Å². The fourth-order valence-corrected chi connectivity index (χ4v) is 2.55. The van der Waals surface area contributed by atoms with Gasteiger partial charge in [-0.2, -0.15) is 5.10 Å². The van der Waals surface area contributed by atoms with E-state index in [0.29, 0.717) is 16.7 Å². The Hall–Kier alpha value is -4.33. The third-order valence-electron chi connectivity index (χ3n) is 4.04. The Morgan fingerprint density at radius 2 is 1.69 bits per heavy atom. The van der Waals surface area contributed by atoms with Crippen LogP contribution in [0.25, 0.3) is 22.9 Å². The monoisotopic (exact) mass is 385 g/mol. The maximum atomic E-state index is 12.2. The van der Waals surface area contributed by atoms with Crippen LogP contribution in [0.2, 0.25) is 0 Å². The summed E-state index contributed by atoms with van der Waals surface area (Å²) < 4.78 is 5.64. The number of carbonyl (C=O) groups excluding carboxylic acids is 1. The summed E-state index contributed by atoms with van der Waals surface area (Å²) in [6, 6.07) is 16.9. The molecule has 0 saturated heterocycles. The number of carbonyl (C=O) groups is 1. The standard InChI is InChI=1S/C21H15N5O3/c27-18-4-2-1-3-17(18)21-26-25-20(29-21)16-7-5-15(6-8-16)19(28)24-23-13-14-9-11-22-12-10-14/h1-13,27H,(H,24,28)/b23-13+. The Kier molecular flexibility index (Phi) is 5.06. The number of benzene rings is 2. The summed E-state index contributed by atoms with van der Waals surface area (Å²) >= 11 is 0. The molecule has 0 atom stereocenters. The number of phenolic OH excluding ortho intramolecular Hbond substituents is 1. The van der Waals surface area contributed by atoms with Crippen LogP contribution in [0.3, 0.4) is 0 Å². The molecule has 0 aliphatic heterocycles. The van der Waals surface area contributed by atoms with Gasteiger partial charge in [-0.25, -0.2) is 5.43 Å². The molecule has 0 unspecified atom stereocenters. The number of phenols is 1. The van der Waals surface area contributed by atoms with Crippen LogP contribution in [-0.2, 0) is 0 Å². The van der Waals surface area contributed by atoms with Crippen molar-refractivity contribution in [1.82, 2.24) is 20.6 Å². The first-order valence-corrected chi connectivity index (χ1v) is 8.66. The first-order valence-electron chi connectivity index (χ1n) is 8.66. The summed E-state index contributed by atoms with van der Waals surface area (Å²) in [6.45, 7) is 0. The normalized spacial score (nSPS) is 10.9. The molecule has 0 aliphatic rings. The van der Waals surface area contributed by atoms with Crippen molar-refractivity contribution in [3.05, 3.63) is 84.2 Å². The van der Waals surface area contributed by atoms with Gasteiger partial charge in [-0.15, -0.1) is 10.2 Å². The lowest BCUT2D eigenvalue weighted by Gasteiger charge is -2.01. The number of nitrogens with one attached hydrogen (secondary N) is 1. The molecule has 4 aromatic rings. The smallest absolute Gasteiger partial charge is 0.271 e. The van der Waals surface area contributed by atoms with Gasteiger partial charge in [0.15, 0.2) is 0 Å². The first kappa shape index (κ1) is 18.1. The number of rotatable bonds is 5. The van der Waals surface area contributed by atoms with Crippen LogP contribution >= 0.6 is 0 Å². The lowest BCUT2D eigenvalue weighted by atomic mass is 10.1. The highest BCUT2D eigenvalue weighted by Gasteiger charge is 2.14. The summed E-state index contributed by atoms with van der Waals surface area (Å²) in [6.07, 6.45) is 4.82. The molecule has 142 valence electrons. The van der Waals surface area contributed by atoms with Crippen LogP contribution in [0, 0.1) is 0 Å². The molecule has 0 radical (unpaired) electrons. The zero-order valence-electron chi connectivity index (χ0n) is 15.1. The fourth-order valence-electron chi connectivity index (χ4n) is 2.55. The van der Waals surface area contributed by atoms with Crippen LogP contribution in [0.15, 0.2) is 82.6 Å². The fraction of sp³-hybridized carbons (Fsp3) is 0. The number of amides is 1. The quantitative estimate of drug-likeness (QED) is 0.403. The van der Waals surface area contributed by atoms with Gasteiger partial charge in [0.2, 0.25) is 5.89 Å². The van der Waals surface area contributed by atoms with Crippen molar-refractivity contribution in [2.75, 3.05) is 0 Å². The van der Waals surface area contributed by atoms with Crippen molar-refractivity contribution in [1.29, 1.82) is 0 Å². The Balaban J connectivity index is 1.45. The van der Waals surface area contributed by atoms with Gasteiger partial charge in [0.1, 0.15) is 5.75 Å². The van der Waals surface area contributed by atoms with E-state index in [9.17, 15) is 9.90 Å². The summed E-state index contributed by atoms with van der Waals surface area (Å²) in [5.41, 5.74) is 4.83. The number of pyridine rings is 1. The maximum absolute atomic E-state index is 12.2. The molecule has 2 aromatic carbocycles. The van der Waals surface area contributed by atoms with E-state index in [-0.39, 0.29) is 23.4 Å². The van der Waals surface area contributed by atoms with Crippen LogP contribution in [0.5, 0.6) is 5.75 Å². The van der Waals surface area contributed by atoms with Crippen molar-refractivity contribution in [2.24, 2.45) is 5.10 Å². The molecule has 2 N–H and O–H groups in total. The molecule has 1 amide bonds. The van der Waals surface area contributed by atoms with Crippen LogP contribution in [0.4, 0.5) is 0 Å². The van der Waals surface area contributed by atoms with Crippen LogP contribution < -0.4 is 5.43 Å². The van der Waals surface area contributed by atoms with Gasteiger partial charge in [-0.1, -0.05) is 12.1 Å². The highest BCUT2D eigenvalue weighted by molar-refractivity contribution is 5.95. The Morgan fingerprint density at radius 1 is 0.966 bits per heavy atom. The van der Waals surface area contributed by atoms with Crippen molar-refractivity contribution in [3.63, 3.8) is 0 Å². The summed E-state index contributed by atoms with van der Waals surface area (Å²) in [5, 5.41) is 21.8. The number of hydrazone groups is 1. The summed E-state index contributed by atoms with van der Waals surface area (Å²) in [7, 11) is 0. The summed E-state index contributed by atoms with van der Waals surface area (Å²) in [4.78, 5) is 16.1. The zero-order chi connectivity index (χ0) is 20.1. The second-order valence-electron chi connectivity index (χ2n) is 5.99. The van der Waals surface area contributed by atoms with Crippen LogP contribution in [0.1, 0.15) is 15.9 Å². The molecular formula is C21H15N5O3. The lowest BCUT2D eigenvalue weighted by molar-refractivity contribution is 0.0955. The molecule has 0 saturated carbocycles. The molecule has 0 bridgehead atoms. The second kappa shape index (κ2) is 8.13. The largest absolute Gasteiger partial charge is 0.507 e. The lowest BCUT2D eigenvalue weighted by Crippen LogP contribution is -2.17. The average Bonchev–Trinajstić information content (AvgIpc) is 3.25. The molecule has 0 spiro atoms. The molecule has 8 heteroatoms. The maximum Gasteiger partial charge on any atom is 0.271 e. The minimum absolute atomic E-state index is 0.0574. The molecule has 2 heterocycles. The highest BCUT2D eigenvalue weighted by atomic mass is 16.4. The number of hydrogen-bond donors (Lipinski definition) is 2. The van der Waals surface area contributed by atoms with Crippen molar-refractivity contribution in [2.45, 2.75) is 0 Å². The average molecular weight is 385 g/mol. The molecule has 29 heavy (non-hydrogen) atoms. The third kappa shape index (κ3) is 4.16. The molecular weight excluding hydrogens is 370 g/mol. The second-order valence-corrected chi connectivity index (χ2v) is 5.99. The van der Waals surface area contributed by atoms with Gasteiger partial charge >= 0.3 is 0 Å². The van der Waals surface area contributed by atoms with Gasteiger partial charge in [0, 0.05) is 23.5 Å². The Bertz CT molecular complexity index is 1150. The minimum Gasteiger partial charge on any atom is -0.507 e. The molecule has 4 rings (SSSR count). The van der Waals surface area contributed by atoms with E-state index in [4.69, 9.17) is 4.42 Å². The number of para-hydroxylation sites is 1. The van der Waals surface area contributed by atoms with E-state index in [2.05, 4.69) is 25.7 Å². The van der Waals surface area contributed by atoms with Gasteiger partial charge in [-0.3, -0.25) is 9.78 Å².